The number of aryl methyl sites for hydroxylation is 1. The number of hydrogen-bond acceptors (Lipinski definition) is 3. The Bertz CT molecular complexity index is 190. The number of hydrogen-bond donors (Lipinski definition) is 1. The predicted octanol–water partition coefficient (Wildman–Crippen LogP) is -0.187. The monoisotopic (exact) mass is 110 g/mol. The SMILES string of the molecule is Cn1cnnc1C=N. The first-order chi connectivity index (χ1) is 3.84. The Kier molecular flexibility index (Phi) is 1.07. The second kappa shape index (κ2) is 1.73. The molecule has 1 heterocycles. The summed E-state index contributed by atoms with van der Waals surface area (Å²) in [5.74, 6) is 0.574. The van der Waals surface area contributed by atoms with Crippen molar-refractivity contribution in [1.82, 2.24) is 14.8 Å². The summed E-state index contributed by atoms with van der Waals surface area (Å²) in [6.45, 7) is 0. The second-order valence-electron chi connectivity index (χ2n) is 1.44. The number of rotatable bonds is 1. The third kappa shape index (κ3) is 0.598. The van der Waals surface area contributed by atoms with Gasteiger partial charge in [0.25, 0.3) is 0 Å². The quantitative estimate of drug-likeness (QED) is 0.509. The molecule has 0 fully saturated rings. The topological polar surface area (TPSA) is 54.6 Å². The second-order valence-corrected chi connectivity index (χ2v) is 1.44. The van der Waals surface area contributed by atoms with Crippen LogP contribution < -0.4 is 0 Å². The number of nitrogens with zero attached hydrogens (tertiary/aromatic N) is 3. The zero-order chi connectivity index (χ0) is 5.98. The maximum Gasteiger partial charge on any atom is 0.173 e. The fraction of sp³-hybridized carbons (Fsp3) is 0.250. The van der Waals surface area contributed by atoms with Crippen LogP contribution in [0.3, 0.4) is 0 Å². The molecule has 0 saturated carbocycles. The molecule has 0 aliphatic carbocycles. The maximum atomic E-state index is 6.75. The molecule has 0 aliphatic heterocycles. The van der Waals surface area contributed by atoms with Crippen molar-refractivity contribution in [2.45, 2.75) is 0 Å². The number of aromatic nitrogens is 3. The van der Waals surface area contributed by atoms with Gasteiger partial charge in [0, 0.05) is 7.05 Å². The van der Waals surface area contributed by atoms with Crippen LogP contribution in [0.2, 0.25) is 0 Å². The summed E-state index contributed by atoms with van der Waals surface area (Å²) in [7, 11) is 1.79. The lowest BCUT2D eigenvalue weighted by Gasteiger charge is -1.85. The summed E-state index contributed by atoms with van der Waals surface area (Å²) in [5, 5.41) is 13.9. The van der Waals surface area contributed by atoms with Crippen molar-refractivity contribution in [2.75, 3.05) is 0 Å². The molecule has 1 N–H and O–H groups in total. The summed E-state index contributed by atoms with van der Waals surface area (Å²) in [6, 6.07) is 0. The van der Waals surface area contributed by atoms with Crippen LogP contribution in [-0.4, -0.2) is 21.0 Å². The molecule has 42 valence electrons. The molecule has 1 rings (SSSR count). The lowest BCUT2D eigenvalue weighted by molar-refractivity contribution is 0.899. The zero-order valence-electron chi connectivity index (χ0n) is 4.50. The summed E-state index contributed by atoms with van der Waals surface area (Å²) in [4.78, 5) is 0. The van der Waals surface area contributed by atoms with Crippen LogP contribution in [0.25, 0.3) is 0 Å². The normalized spacial score (nSPS) is 9.12. The van der Waals surface area contributed by atoms with Crippen LogP contribution in [-0.2, 0) is 7.05 Å². The van der Waals surface area contributed by atoms with Gasteiger partial charge in [-0.25, -0.2) is 0 Å². The lowest BCUT2D eigenvalue weighted by atomic mass is 10.7. The van der Waals surface area contributed by atoms with Gasteiger partial charge in [-0.05, 0) is 0 Å². The highest BCUT2D eigenvalue weighted by Crippen LogP contribution is 1.82. The zero-order valence-corrected chi connectivity index (χ0v) is 4.50. The summed E-state index contributed by atoms with van der Waals surface area (Å²) < 4.78 is 1.67. The van der Waals surface area contributed by atoms with E-state index in [1.54, 1.807) is 17.9 Å². The maximum absolute atomic E-state index is 6.75. The van der Waals surface area contributed by atoms with Crippen molar-refractivity contribution < 1.29 is 0 Å². The minimum absolute atomic E-state index is 0.574. The average molecular weight is 110 g/mol. The van der Waals surface area contributed by atoms with E-state index in [4.69, 9.17) is 5.41 Å². The van der Waals surface area contributed by atoms with Gasteiger partial charge >= 0.3 is 0 Å². The third-order valence-electron chi connectivity index (χ3n) is 0.876. The molecule has 0 spiro atoms. The van der Waals surface area contributed by atoms with Gasteiger partial charge in [-0.1, -0.05) is 0 Å². The molecule has 0 atom stereocenters. The Morgan fingerprint density at radius 1 is 1.88 bits per heavy atom. The van der Waals surface area contributed by atoms with Crippen molar-refractivity contribution in [3.05, 3.63) is 12.2 Å². The first-order valence-electron chi connectivity index (χ1n) is 2.19. The smallest absolute Gasteiger partial charge is 0.173 e. The van der Waals surface area contributed by atoms with Crippen LogP contribution in [0.5, 0.6) is 0 Å². The molecule has 0 amide bonds. The first kappa shape index (κ1) is 4.96. The molecular formula is C4H6N4. The molecule has 0 bridgehead atoms. The van der Waals surface area contributed by atoms with E-state index in [1.165, 1.54) is 0 Å². The molecular weight excluding hydrogens is 104 g/mol. The van der Waals surface area contributed by atoms with E-state index >= 15 is 0 Å². The van der Waals surface area contributed by atoms with Gasteiger partial charge in [-0.3, -0.25) is 0 Å². The summed E-state index contributed by atoms with van der Waals surface area (Å²) in [5.41, 5.74) is 0. The first-order valence-corrected chi connectivity index (χ1v) is 2.19. The highest BCUT2D eigenvalue weighted by molar-refractivity contribution is 5.71. The molecule has 1 aromatic rings. The van der Waals surface area contributed by atoms with Gasteiger partial charge in [0.1, 0.15) is 6.33 Å². The molecule has 4 heteroatoms. The van der Waals surface area contributed by atoms with E-state index in [9.17, 15) is 0 Å². The summed E-state index contributed by atoms with van der Waals surface area (Å²) >= 11 is 0. The Balaban J connectivity index is 3.09. The molecule has 0 aromatic carbocycles. The van der Waals surface area contributed by atoms with Crippen LogP contribution in [0.1, 0.15) is 5.82 Å². The van der Waals surface area contributed by atoms with Gasteiger partial charge in [0.15, 0.2) is 5.82 Å². The van der Waals surface area contributed by atoms with E-state index in [0.717, 1.165) is 6.21 Å². The van der Waals surface area contributed by atoms with Gasteiger partial charge in [-0.2, -0.15) is 0 Å². The third-order valence-corrected chi connectivity index (χ3v) is 0.876. The minimum Gasteiger partial charge on any atom is -0.316 e. The molecule has 0 aliphatic rings. The van der Waals surface area contributed by atoms with Crippen molar-refractivity contribution in [1.29, 1.82) is 5.41 Å². The molecule has 1 aromatic heterocycles. The van der Waals surface area contributed by atoms with Crippen LogP contribution in [0, 0.1) is 5.41 Å². The number of nitrogens with one attached hydrogen (secondary N) is 1. The Labute approximate surface area is 46.7 Å². The standard InChI is InChI=1S/C4H6N4/c1-8-3-6-7-4(8)2-5/h2-3,5H,1H3. The van der Waals surface area contributed by atoms with Gasteiger partial charge in [-0.15, -0.1) is 10.2 Å². The fourth-order valence-corrected chi connectivity index (χ4v) is 0.423. The lowest BCUT2D eigenvalue weighted by Crippen LogP contribution is -1.92. The van der Waals surface area contributed by atoms with Crippen molar-refractivity contribution in [3.8, 4) is 0 Å². The van der Waals surface area contributed by atoms with Crippen molar-refractivity contribution >= 4 is 6.21 Å². The van der Waals surface area contributed by atoms with E-state index in [-0.39, 0.29) is 0 Å². The fourth-order valence-electron chi connectivity index (χ4n) is 0.423. The molecule has 8 heavy (non-hydrogen) atoms. The van der Waals surface area contributed by atoms with Crippen LogP contribution in [0.15, 0.2) is 6.33 Å². The van der Waals surface area contributed by atoms with E-state index in [2.05, 4.69) is 10.2 Å². The molecule has 0 unspecified atom stereocenters. The predicted molar refractivity (Wildman–Crippen MR) is 28.9 cm³/mol. The summed E-state index contributed by atoms with van der Waals surface area (Å²) in [6.07, 6.45) is 2.72. The van der Waals surface area contributed by atoms with Gasteiger partial charge in [0.2, 0.25) is 0 Å². The molecule has 0 saturated heterocycles. The van der Waals surface area contributed by atoms with Crippen LogP contribution >= 0.6 is 0 Å². The average Bonchev–Trinajstić information content (AvgIpc) is 2.14. The minimum atomic E-state index is 0.574. The van der Waals surface area contributed by atoms with Gasteiger partial charge < -0.3 is 9.98 Å². The largest absolute Gasteiger partial charge is 0.316 e. The van der Waals surface area contributed by atoms with Crippen molar-refractivity contribution in [3.63, 3.8) is 0 Å². The Morgan fingerprint density at radius 2 is 2.62 bits per heavy atom. The highest BCUT2D eigenvalue weighted by Gasteiger charge is 1.90. The highest BCUT2D eigenvalue weighted by atomic mass is 15.2. The van der Waals surface area contributed by atoms with E-state index in [0.29, 0.717) is 5.82 Å². The van der Waals surface area contributed by atoms with E-state index in [1.807, 2.05) is 0 Å². The molecule has 4 nitrogen and oxygen atoms in total. The van der Waals surface area contributed by atoms with Crippen LogP contribution in [0.4, 0.5) is 0 Å². The molecule has 0 radical (unpaired) electrons. The Morgan fingerprint density at radius 3 is 2.88 bits per heavy atom. The van der Waals surface area contributed by atoms with Gasteiger partial charge in [0.05, 0.1) is 6.21 Å². The van der Waals surface area contributed by atoms with E-state index < -0.39 is 0 Å². The van der Waals surface area contributed by atoms with Crippen molar-refractivity contribution in [2.24, 2.45) is 7.05 Å². The Hall–Kier alpha value is -1.19.